The lowest BCUT2D eigenvalue weighted by Gasteiger charge is -2.29. The molecule has 1 aromatic heterocycles. The minimum absolute atomic E-state index is 0.224. The lowest BCUT2D eigenvalue weighted by atomic mass is 9.91. The van der Waals surface area contributed by atoms with Crippen molar-refractivity contribution in [2.24, 2.45) is 0 Å². The number of halogens is 3. The summed E-state index contributed by atoms with van der Waals surface area (Å²) < 4.78 is 75.7. The van der Waals surface area contributed by atoms with Gasteiger partial charge in [0.15, 0.2) is 11.5 Å². The maximum atomic E-state index is 13.4. The van der Waals surface area contributed by atoms with E-state index in [1.165, 1.54) is 20.4 Å². The van der Waals surface area contributed by atoms with Crippen molar-refractivity contribution in [3.05, 3.63) is 52.0 Å². The summed E-state index contributed by atoms with van der Waals surface area (Å²) in [5.74, 6) is -5.99. The zero-order chi connectivity index (χ0) is 34.7. The Kier molecular flexibility index (Phi) is 14.2. The van der Waals surface area contributed by atoms with Crippen LogP contribution in [0.1, 0.15) is 27.2 Å². The zero-order valence-corrected chi connectivity index (χ0v) is 26.9. The SMILES string of the molecule is COC[C@H](NC(=O)c1cnc(C)s1)C(=O)N[C@@H](COC)C(=O)N[C@@H](Cc1ccccc1)C(=O)C(C)(O)COS(=O)(=O)CC(F)(F)F. The summed E-state index contributed by atoms with van der Waals surface area (Å²) in [5, 5.41) is 18.7. The Balaban J connectivity index is 2.25. The molecule has 0 fully saturated rings. The summed E-state index contributed by atoms with van der Waals surface area (Å²) in [6.45, 7) is 0.431. The van der Waals surface area contributed by atoms with Crippen LogP contribution in [0.15, 0.2) is 36.5 Å². The normalized spacial score (nSPS) is 15.2. The first-order chi connectivity index (χ1) is 21.4. The van der Waals surface area contributed by atoms with E-state index in [0.29, 0.717) is 10.6 Å². The second-order valence-corrected chi connectivity index (χ2v) is 13.1. The Labute approximate surface area is 267 Å². The van der Waals surface area contributed by atoms with Gasteiger partial charge in [0.2, 0.25) is 11.8 Å². The highest BCUT2D eigenvalue weighted by Crippen LogP contribution is 2.20. The number of aromatic nitrogens is 1. The van der Waals surface area contributed by atoms with Crippen LogP contribution in [0.2, 0.25) is 0 Å². The summed E-state index contributed by atoms with van der Waals surface area (Å²) in [7, 11) is -2.71. The topological polar surface area (TPSA) is 199 Å². The van der Waals surface area contributed by atoms with Crippen molar-refractivity contribution in [3.63, 3.8) is 0 Å². The van der Waals surface area contributed by atoms with E-state index in [2.05, 4.69) is 25.1 Å². The minimum Gasteiger partial charge on any atom is -0.382 e. The molecular weight excluding hydrogens is 661 g/mol. The zero-order valence-electron chi connectivity index (χ0n) is 25.3. The summed E-state index contributed by atoms with van der Waals surface area (Å²) in [5.41, 5.74) is -2.20. The van der Waals surface area contributed by atoms with Crippen LogP contribution < -0.4 is 16.0 Å². The van der Waals surface area contributed by atoms with Gasteiger partial charge in [0.1, 0.15) is 29.2 Å². The monoisotopic (exact) mass is 696 g/mol. The second kappa shape index (κ2) is 16.9. The van der Waals surface area contributed by atoms with Gasteiger partial charge in [-0.1, -0.05) is 30.3 Å². The van der Waals surface area contributed by atoms with Gasteiger partial charge in [-0.05, 0) is 25.8 Å². The number of nitrogens with one attached hydrogen (secondary N) is 3. The van der Waals surface area contributed by atoms with Crippen LogP contribution >= 0.6 is 11.3 Å². The Bertz CT molecular complexity index is 1450. The van der Waals surface area contributed by atoms with Crippen LogP contribution in [-0.2, 0) is 44.6 Å². The number of amides is 3. The van der Waals surface area contributed by atoms with E-state index in [-0.39, 0.29) is 17.9 Å². The number of rotatable bonds is 18. The fourth-order valence-electron chi connectivity index (χ4n) is 3.89. The molecule has 4 N–H and O–H groups in total. The first kappa shape index (κ1) is 38.7. The fourth-order valence-corrected chi connectivity index (χ4v) is 5.47. The van der Waals surface area contributed by atoms with Crippen LogP contribution in [0, 0.1) is 6.92 Å². The van der Waals surface area contributed by atoms with Gasteiger partial charge in [-0.2, -0.15) is 21.6 Å². The van der Waals surface area contributed by atoms with E-state index in [1.54, 1.807) is 37.3 Å². The van der Waals surface area contributed by atoms with Gasteiger partial charge < -0.3 is 30.5 Å². The highest BCUT2D eigenvalue weighted by Gasteiger charge is 2.42. The lowest BCUT2D eigenvalue weighted by Crippen LogP contribution is -2.60. The number of hydrogen-bond acceptors (Lipinski definition) is 12. The van der Waals surface area contributed by atoms with Crippen LogP contribution in [0.3, 0.4) is 0 Å². The van der Waals surface area contributed by atoms with Crippen LogP contribution in [0.5, 0.6) is 0 Å². The number of thiazole rings is 1. The largest absolute Gasteiger partial charge is 0.405 e. The average Bonchev–Trinajstić information content (AvgIpc) is 3.40. The molecular formula is C27H35F3N4O10S2. The quantitative estimate of drug-likeness (QED) is 0.156. The molecule has 1 heterocycles. The third kappa shape index (κ3) is 12.7. The third-order valence-electron chi connectivity index (χ3n) is 6.07. The Morgan fingerprint density at radius 2 is 1.50 bits per heavy atom. The number of aryl methyl sites for hydroxylation is 1. The minimum atomic E-state index is -5.22. The number of alkyl halides is 3. The molecule has 2 rings (SSSR count). The molecule has 256 valence electrons. The second-order valence-electron chi connectivity index (χ2n) is 10.2. The van der Waals surface area contributed by atoms with E-state index >= 15 is 0 Å². The molecule has 14 nitrogen and oxygen atoms in total. The van der Waals surface area contributed by atoms with Crippen molar-refractivity contribution in [2.75, 3.05) is 39.8 Å². The third-order valence-corrected chi connectivity index (χ3v) is 8.14. The van der Waals surface area contributed by atoms with Crippen molar-refractivity contribution in [2.45, 2.75) is 50.2 Å². The number of hydrogen-bond donors (Lipinski definition) is 4. The molecule has 0 aliphatic rings. The molecule has 4 atom stereocenters. The maximum Gasteiger partial charge on any atom is 0.405 e. The van der Waals surface area contributed by atoms with Crippen molar-refractivity contribution < 1.29 is 59.5 Å². The average molecular weight is 697 g/mol. The maximum absolute atomic E-state index is 13.4. The first-order valence-corrected chi connectivity index (χ1v) is 15.8. The van der Waals surface area contributed by atoms with Crippen molar-refractivity contribution in [1.29, 1.82) is 0 Å². The van der Waals surface area contributed by atoms with Gasteiger partial charge >= 0.3 is 6.18 Å². The number of methoxy groups -OCH3 is 2. The van der Waals surface area contributed by atoms with Gasteiger partial charge in [-0.25, -0.2) is 4.98 Å². The number of benzene rings is 1. The molecule has 19 heteroatoms. The summed E-state index contributed by atoms with van der Waals surface area (Å²) in [6, 6.07) is 3.77. The van der Waals surface area contributed by atoms with Crippen LogP contribution in [0.25, 0.3) is 0 Å². The number of ether oxygens (including phenoxy) is 2. The molecule has 0 bridgehead atoms. The van der Waals surface area contributed by atoms with E-state index in [9.17, 15) is 45.9 Å². The van der Waals surface area contributed by atoms with Crippen LogP contribution in [-0.4, -0.2) is 112 Å². The van der Waals surface area contributed by atoms with Crippen LogP contribution in [0.4, 0.5) is 13.2 Å². The molecule has 0 radical (unpaired) electrons. The highest BCUT2D eigenvalue weighted by molar-refractivity contribution is 7.86. The van der Waals surface area contributed by atoms with E-state index in [1.807, 2.05) is 0 Å². The fraction of sp³-hybridized carbons (Fsp3) is 0.519. The van der Waals surface area contributed by atoms with Crippen molar-refractivity contribution in [1.82, 2.24) is 20.9 Å². The summed E-state index contributed by atoms with van der Waals surface area (Å²) in [4.78, 5) is 56.8. The molecule has 0 spiro atoms. The smallest absolute Gasteiger partial charge is 0.382 e. The predicted molar refractivity (Wildman–Crippen MR) is 157 cm³/mol. The molecule has 1 aromatic carbocycles. The number of ketones is 1. The number of carbonyl (C=O) groups is 4. The number of aliphatic hydroxyl groups is 1. The Morgan fingerprint density at radius 3 is 2.00 bits per heavy atom. The highest BCUT2D eigenvalue weighted by atomic mass is 32.2. The van der Waals surface area contributed by atoms with Crippen molar-refractivity contribution in [3.8, 4) is 0 Å². The molecule has 0 saturated carbocycles. The van der Waals surface area contributed by atoms with Gasteiger partial charge in [-0.15, -0.1) is 11.3 Å². The Morgan fingerprint density at radius 1 is 0.957 bits per heavy atom. The summed E-state index contributed by atoms with van der Waals surface area (Å²) in [6.07, 6.45) is -4.06. The molecule has 3 amide bonds. The first-order valence-electron chi connectivity index (χ1n) is 13.4. The standard InChI is InChI=1S/C27H35F3N4O10S2/c1-16-31-11-21(45-16)25(38)34-20(13-43-4)24(37)33-19(12-42-3)23(36)32-18(10-17-8-6-5-7-9-17)22(35)26(2,39)14-44-46(40,41)15-27(28,29)30/h5-9,11,18-20,39H,10,12-15H2,1-4H3,(H,32,36)(H,33,37)(H,34,38)/t18-,19-,20-,26?/m0/s1. The van der Waals surface area contributed by atoms with E-state index < -0.39 is 82.5 Å². The molecule has 1 unspecified atom stereocenters. The molecule has 0 aliphatic carbocycles. The molecule has 0 saturated heterocycles. The van der Waals surface area contributed by atoms with E-state index in [4.69, 9.17) is 9.47 Å². The number of nitrogens with zero attached hydrogens (tertiary/aromatic N) is 1. The van der Waals surface area contributed by atoms with E-state index in [0.717, 1.165) is 18.3 Å². The Hall–Kier alpha value is -3.49. The molecule has 2 aromatic rings. The predicted octanol–water partition coefficient (Wildman–Crippen LogP) is 0.284. The molecule has 46 heavy (non-hydrogen) atoms. The van der Waals surface area contributed by atoms with Gasteiger partial charge in [0, 0.05) is 14.2 Å². The number of carbonyl (C=O) groups excluding carboxylic acids is 4. The number of Topliss-reactive ketones (excluding diaryl/α,β-unsaturated/α-hetero) is 1. The summed E-state index contributed by atoms with van der Waals surface area (Å²) >= 11 is 1.09. The molecule has 0 aliphatic heterocycles. The van der Waals surface area contributed by atoms with Gasteiger partial charge in [0.05, 0.1) is 30.5 Å². The lowest BCUT2D eigenvalue weighted by molar-refractivity contribution is -0.143. The van der Waals surface area contributed by atoms with Gasteiger partial charge in [-0.3, -0.25) is 23.4 Å². The van der Waals surface area contributed by atoms with Gasteiger partial charge in [0.25, 0.3) is 16.0 Å². The van der Waals surface area contributed by atoms with Crippen molar-refractivity contribution >= 4 is 45.0 Å².